The van der Waals surface area contributed by atoms with Crippen LogP contribution in [-0.2, 0) is 19.1 Å². The van der Waals surface area contributed by atoms with Crippen LogP contribution < -0.4 is 5.32 Å². The molecule has 0 aromatic heterocycles. The van der Waals surface area contributed by atoms with E-state index in [2.05, 4.69) is 5.32 Å². The average molecular weight is 330 g/mol. The lowest BCUT2D eigenvalue weighted by molar-refractivity contribution is -0.154. The van der Waals surface area contributed by atoms with Crippen LogP contribution in [0.2, 0.25) is 0 Å². The molecule has 2 fully saturated rings. The number of methoxy groups -OCH3 is 1. The van der Waals surface area contributed by atoms with Crippen molar-refractivity contribution in [2.75, 3.05) is 12.4 Å². The van der Waals surface area contributed by atoms with Gasteiger partial charge in [-0.1, -0.05) is 31.0 Å². The Kier molecular flexibility index (Phi) is 4.83. The molecule has 0 bridgehead atoms. The molecule has 3 atom stereocenters. The minimum absolute atomic E-state index is 0.0446. The van der Waals surface area contributed by atoms with Gasteiger partial charge in [0.25, 0.3) is 0 Å². The predicted octanol–water partition coefficient (Wildman–Crippen LogP) is 1.96. The number of esters is 1. The van der Waals surface area contributed by atoms with Crippen LogP contribution in [0.3, 0.4) is 0 Å². The van der Waals surface area contributed by atoms with Gasteiger partial charge in [0, 0.05) is 11.7 Å². The summed E-state index contributed by atoms with van der Waals surface area (Å²) in [6, 6.07) is 8.13. The van der Waals surface area contributed by atoms with Crippen molar-refractivity contribution < 1.29 is 19.1 Å². The summed E-state index contributed by atoms with van der Waals surface area (Å²) in [7, 11) is 1.32. The van der Waals surface area contributed by atoms with E-state index in [4.69, 9.17) is 4.74 Å². The molecule has 1 aliphatic heterocycles. The largest absolute Gasteiger partial charge is 0.467 e. The van der Waals surface area contributed by atoms with Crippen LogP contribution in [-0.4, -0.2) is 41.9 Å². The topological polar surface area (TPSA) is 75.7 Å². The van der Waals surface area contributed by atoms with Gasteiger partial charge < -0.3 is 15.0 Å². The van der Waals surface area contributed by atoms with E-state index in [0.717, 1.165) is 25.7 Å². The van der Waals surface area contributed by atoms with Gasteiger partial charge >= 0.3 is 17.8 Å². The van der Waals surface area contributed by atoms with E-state index in [-0.39, 0.29) is 12.0 Å². The van der Waals surface area contributed by atoms with Crippen LogP contribution in [0.1, 0.15) is 32.1 Å². The van der Waals surface area contributed by atoms with Gasteiger partial charge in [-0.2, -0.15) is 0 Å². The average Bonchev–Trinajstić information content (AvgIpc) is 3.00. The number of ether oxygens (including phenoxy) is 1. The first kappa shape index (κ1) is 16.5. The number of benzene rings is 1. The Labute approximate surface area is 141 Å². The van der Waals surface area contributed by atoms with Gasteiger partial charge in [-0.15, -0.1) is 0 Å². The Hall–Kier alpha value is -2.37. The van der Waals surface area contributed by atoms with Crippen molar-refractivity contribution >= 4 is 23.5 Å². The standard InChI is InChI=1S/C18H22N2O4/c1-24-18(23)15-11-12-7-5-6-10-14(12)20(15)17(22)16(21)19-13-8-3-2-4-9-13/h2-4,8-9,12,14-15H,5-7,10-11H2,1H3,(H,19,21)/t12-,14-,15-/m0/s1. The summed E-state index contributed by atoms with van der Waals surface area (Å²) in [5.41, 5.74) is 0.560. The third-order valence-corrected chi connectivity index (χ3v) is 5.02. The van der Waals surface area contributed by atoms with Crippen LogP contribution >= 0.6 is 0 Å². The molecule has 0 spiro atoms. The zero-order valence-corrected chi connectivity index (χ0v) is 13.7. The summed E-state index contributed by atoms with van der Waals surface area (Å²) in [4.78, 5) is 38.7. The van der Waals surface area contributed by atoms with E-state index in [1.165, 1.54) is 12.0 Å². The van der Waals surface area contributed by atoms with Gasteiger partial charge in [-0.3, -0.25) is 9.59 Å². The maximum absolute atomic E-state index is 12.7. The molecule has 128 valence electrons. The number of likely N-dealkylation sites (tertiary alicyclic amines) is 1. The molecule has 6 heteroatoms. The Morgan fingerprint density at radius 3 is 2.54 bits per heavy atom. The number of anilines is 1. The van der Waals surface area contributed by atoms with Crippen LogP contribution in [0.15, 0.2) is 30.3 Å². The summed E-state index contributed by atoms with van der Waals surface area (Å²) in [5.74, 6) is -1.52. The Bertz CT molecular complexity index is 631. The molecule has 1 saturated carbocycles. The second-order valence-electron chi connectivity index (χ2n) is 6.42. The minimum Gasteiger partial charge on any atom is -0.467 e. The van der Waals surface area contributed by atoms with Crippen molar-refractivity contribution in [2.45, 2.75) is 44.2 Å². The zero-order chi connectivity index (χ0) is 17.1. The van der Waals surface area contributed by atoms with Crippen LogP contribution in [0, 0.1) is 5.92 Å². The zero-order valence-electron chi connectivity index (χ0n) is 13.7. The summed E-state index contributed by atoms with van der Waals surface area (Å²) in [6.45, 7) is 0. The summed E-state index contributed by atoms with van der Waals surface area (Å²) in [6.07, 6.45) is 4.53. The van der Waals surface area contributed by atoms with Crippen molar-refractivity contribution in [2.24, 2.45) is 5.92 Å². The van der Waals surface area contributed by atoms with E-state index < -0.39 is 23.8 Å². The number of carbonyl (C=O) groups is 3. The van der Waals surface area contributed by atoms with E-state index in [0.29, 0.717) is 12.1 Å². The van der Waals surface area contributed by atoms with Crippen molar-refractivity contribution in [3.05, 3.63) is 30.3 Å². The highest BCUT2D eigenvalue weighted by Crippen LogP contribution is 2.40. The van der Waals surface area contributed by atoms with Crippen molar-refractivity contribution in [3.63, 3.8) is 0 Å². The first-order valence-corrected chi connectivity index (χ1v) is 8.38. The van der Waals surface area contributed by atoms with Gasteiger partial charge in [0.1, 0.15) is 6.04 Å². The molecule has 0 unspecified atom stereocenters. The smallest absolute Gasteiger partial charge is 0.328 e. The molecule has 1 heterocycles. The number of amides is 2. The normalized spacial score (nSPS) is 25.7. The molecule has 0 radical (unpaired) electrons. The van der Waals surface area contributed by atoms with Crippen molar-refractivity contribution in [3.8, 4) is 0 Å². The lowest BCUT2D eigenvalue weighted by Crippen LogP contribution is -2.50. The highest BCUT2D eigenvalue weighted by Gasteiger charge is 2.49. The van der Waals surface area contributed by atoms with Gasteiger partial charge in [-0.05, 0) is 37.3 Å². The Balaban J connectivity index is 1.79. The first-order valence-electron chi connectivity index (χ1n) is 8.38. The van der Waals surface area contributed by atoms with E-state index in [1.54, 1.807) is 24.3 Å². The highest BCUT2D eigenvalue weighted by atomic mass is 16.5. The maximum Gasteiger partial charge on any atom is 0.328 e. The van der Waals surface area contributed by atoms with Gasteiger partial charge in [-0.25, -0.2) is 4.79 Å². The quantitative estimate of drug-likeness (QED) is 0.664. The van der Waals surface area contributed by atoms with Gasteiger partial charge in [0.2, 0.25) is 0 Å². The number of hydrogen-bond donors (Lipinski definition) is 1. The fraction of sp³-hybridized carbons (Fsp3) is 0.500. The highest BCUT2D eigenvalue weighted by molar-refractivity contribution is 6.40. The molecule has 2 aliphatic rings. The van der Waals surface area contributed by atoms with E-state index in [1.807, 2.05) is 6.07 Å². The minimum atomic E-state index is -0.707. The number of carbonyl (C=O) groups excluding carboxylic acids is 3. The summed E-state index contributed by atoms with van der Waals surface area (Å²) < 4.78 is 4.85. The third kappa shape index (κ3) is 3.13. The van der Waals surface area contributed by atoms with Crippen LogP contribution in [0.5, 0.6) is 0 Å². The van der Waals surface area contributed by atoms with Crippen molar-refractivity contribution in [1.29, 1.82) is 0 Å². The maximum atomic E-state index is 12.7. The predicted molar refractivity (Wildman–Crippen MR) is 88.1 cm³/mol. The SMILES string of the molecule is COC(=O)[C@@H]1C[C@@H]2CCCC[C@@H]2N1C(=O)C(=O)Nc1ccccc1. The van der Waals surface area contributed by atoms with Crippen molar-refractivity contribution in [1.82, 2.24) is 4.90 Å². The number of hydrogen-bond acceptors (Lipinski definition) is 4. The molecule has 1 saturated heterocycles. The van der Waals surface area contributed by atoms with E-state index in [9.17, 15) is 14.4 Å². The number of fused-ring (bicyclic) bond motifs is 1. The molecule has 6 nitrogen and oxygen atoms in total. The van der Waals surface area contributed by atoms with Crippen LogP contribution in [0.4, 0.5) is 5.69 Å². The Morgan fingerprint density at radius 2 is 1.83 bits per heavy atom. The second kappa shape index (κ2) is 7.03. The molecule has 1 N–H and O–H groups in total. The molecular weight excluding hydrogens is 308 g/mol. The molecule has 1 aliphatic carbocycles. The number of rotatable bonds is 2. The summed E-state index contributed by atoms with van der Waals surface area (Å²) in [5, 5.41) is 2.61. The Morgan fingerprint density at radius 1 is 1.12 bits per heavy atom. The first-order chi connectivity index (χ1) is 11.6. The molecule has 2 amide bonds. The number of para-hydroxylation sites is 1. The molecule has 3 rings (SSSR count). The second-order valence-corrected chi connectivity index (χ2v) is 6.42. The number of nitrogens with one attached hydrogen (secondary N) is 1. The lowest BCUT2D eigenvalue weighted by Gasteiger charge is -2.32. The van der Waals surface area contributed by atoms with Gasteiger partial charge in [0.15, 0.2) is 0 Å². The molecule has 24 heavy (non-hydrogen) atoms. The fourth-order valence-electron chi connectivity index (χ4n) is 3.92. The summed E-state index contributed by atoms with van der Waals surface area (Å²) >= 11 is 0. The van der Waals surface area contributed by atoms with Gasteiger partial charge in [0.05, 0.1) is 7.11 Å². The monoisotopic (exact) mass is 330 g/mol. The fourth-order valence-corrected chi connectivity index (χ4v) is 3.92. The lowest BCUT2D eigenvalue weighted by atomic mass is 9.85. The molecule has 1 aromatic rings. The molecule has 1 aromatic carbocycles. The van der Waals surface area contributed by atoms with Crippen LogP contribution in [0.25, 0.3) is 0 Å². The molecular formula is C18H22N2O4. The van der Waals surface area contributed by atoms with E-state index >= 15 is 0 Å². The third-order valence-electron chi connectivity index (χ3n) is 5.02. The number of nitrogens with zero attached hydrogens (tertiary/aromatic N) is 1.